The molecule has 94 valence electrons. The fourth-order valence-electron chi connectivity index (χ4n) is 1.04. The molecule has 1 aromatic rings. The van der Waals surface area contributed by atoms with Gasteiger partial charge in [0, 0.05) is 34.7 Å². The van der Waals surface area contributed by atoms with Gasteiger partial charge >= 0.3 is 5.97 Å². The van der Waals surface area contributed by atoms with Crippen LogP contribution in [0.5, 0.6) is 0 Å². The maximum Gasteiger partial charge on any atom is 0.365 e. The van der Waals surface area contributed by atoms with E-state index in [1.807, 2.05) is 0 Å². The van der Waals surface area contributed by atoms with Crippen LogP contribution in [-0.4, -0.2) is 44.7 Å². The van der Waals surface area contributed by atoms with E-state index in [2.05, 4.69) is 10.3 Å². The first-order valence-corrected chi connectivity index (χ1v) is 7.38. The van der Waals surface area contributed by atoms with Crippen molar-refractivity contribution in [2.75, 3.05) is 18.6 Å². The van der Waals surface area contributed by atoms with Gasteiger partial charge < -0.3 is 10.4 Å². The third-order valence-corrected chi connectivity index (χ3v) is 3.51. The minimum absolute atomic E-state index is 0.102. The molecule has 0 aliphatic rings. The number of carboxylic acid groups (broad SMARTS) is 1. The normalized spacial score (nSPS) is 12.1. The fourth-order valence-corrected chi connectivity index (χ4v) is 2.23. The Hall–Kier alpha value is -1.28. The first kappa shape index (κ1) is 13.8. The van der Waals surface area contributed by atoms with Crippen molar-refractivity contribution in [3.8, 4) is 0 Å². The molecule has 0 saturated heterocycles. The molecule has 0 saturated carbocycles. The van der Waals surface area contributed by atoms with Gasteiger partial charge in [0.05, 0.1) is 0 Å². The molecule has 1 heterocycles. The van der Waals surface area contributed by atoms with Gasteiger partial charge in [-0.3, -0.25) is 9.00 Å². The van der Waals surface area contributed by atoms with Crippen molar-refractivity contribution in [2.24, 2.45) is 0 Å². The number of hydrogen-bond donors (Lipinski definition) is 2. The maximum absolute atomic E-state index is 11.5. The van der Waals surface area contributed by atoms with Gasteiger partial charge in [0.1, 0.15) is 5.69 Å². The second kappa shape index (κ2) is 6.45. The van der Waals surface area contributed by atoms with Crippen LogP contribution in [-0.2, 0) is 10.8 Å². The van der Waals surface area contributed by atoms with E-state index in [1.54, 1.807) is 6.26 Å². The Labute approximate surface area is 105 Å². The molecule has 1 unspecified atom stereocenters. The second-order valence-electron chi connectivity index (χ2n) is 3.23. The lowest BCUT2D eigenvalue weighted by Crippen LogP contribution is -2.25. The second-order valence-corrected chi connectivity index (χ2v) is 5.64. The van der Waals surface area contributed by atoms with Crippen LogP contribution >= 0.6 is 11.3 Å². The lowest BCUT2D eigenvalue weighted by Gasteiger charge is -2.01. The van der Waals surface area contributed by atoms with Crippen LogP contribution in [0.4, 0.5) is 0 Å². The summed E-state index contributed by atoms with van der Waals surface area (Å²) in [4.78, 5) is 25.7. The van der Waals surface area contributed by atoms with Crippen molar-refractivity contribution < 1.29 is 18.9 Å². The number of carbonyl (C=O) groups is 2. The van der Waals surface area contributed by atoms with Crippen LogP contribution in [0.15, 0.2) is 5.38 Å². The predicted molar refractivity (Wildman–Crippen MR) is 65.0 cm³/mol. The SMILES string of the molecule is CS(=O)CCCNC(=O)c1csc(C(=O)O)n1. The highest BCUT2D eigenvalue weighted by atomic mass is 32.2. The Morgan fingerprint density at radius 1 is 1.59 bits per heavy atom. The predicted octanol–water partition coefficient (Wildman–Crippen LogP) is 0.340. The number of amides is 1. The quantitative estimate of drug-likeness (QED) is 0.730. The van der Waals surface area contributed by atoms with Gasteiger partial charge in [0.15, 0.2) is 0 Å². The Morgan fingerprint density at radius 3 is 2.82 bits per heavy atom. The van der Waals surface area contributed by atoms with E-state index in [-0.39, 0.29) is 10.7 Å². The maximum atomic E-state index is 11.5. The average Bonchev–Trinajstić information content (AvgIpc) is 2.73. The first-order valence-electron chi connectivity index (χ1n) is 4.77. The van der Waals surface area contributed by atoms with E-state index in [9.17, 15) is 13.8 Å². The largest absolute Gasteiger partial charge is 0.476 e. The summed E-state index contributed by atoms with van der Waals surface area (Å²) in [6.07, 6.45) is 2.21. The number of nitrogens with zero attached hydrogens (tertiary/aromatic N) is 1. The molecule has 1 rings (SSSR count). The molecule has 0 bridgehead atoms. The topological polar surface area (TPSA) is 96.4 Å². The number of aromatic carboxylic acids is 1. The molecule has 0 aromatic carbocycles. The van der Waals surface area contributed by atoms with Crippen LogP contribution in [0.25, 0.3) is 0 Å². The number of carbonyl (C=O) groups excluding carboxylic acids is 1. The van der Waals surface area contributed by atoms with Gasteiger partial charge in [-0.25, -0.2) is 9.78 Å². The van der Waals surface area contributed by atoms with Crippen LogP contribution < -0.4 is 5.32 Å². The third-order valence-electron chi connectivity index (χ3n) is 1.81. The summed E-state index contributed by atoms with van der Waals surface area (Å²) in [5.41, 5.74) is 0.102. The molecule has 2 N–H and O–H groups in total. The Bertz CT molecular complexity index is 444. The zero-order chi connectivity index (χ0) is 12.8. The van der Waals surface area contributed by atoms with Gasteiger partial charge in [-0.05, 0) is 6.42 Å². The van der Waals surface area contributed by atoms with Crippen LogP contribution in [0.2, 0.25) is 0 Å². The summed E-state index contributed by atoms with van der Waals surface area (Å²) in [7, 11) is -0.869. The Kier molecular flexibility index (Phi) is 5.23. The van der Waals surface area contributed by atoms with E-state index in [4.69, 9.17) is 5.11 Å². The van der Waals surface area contributed by atoms with Crippen molar-refractivity contribution in [1.82, 2.24) is 10.3 Å². The molecule has 17 heavy (non-hydrogen) atoms. The molecule has 0 aliphatic heterocycles. The lowest BCUT2D eigenvalue weighted by atomic mass is 10.4. The standard InChI is InChI=1S/C9H12N2O4S2/c1-17(15)4-2-3-10-7(12)6-5-16-8(11-6)9(13)14/h5H,2-4H2,1H3,(H,10,12)(H,13,14). The molecule has 1 amide bonds. The molecule has 0 radical (unpaired) electrons. The van der Waals surface area contributed by atoms with Gasteiger partial charge in [-0.15, -0.1) is 11.3 Å². The molecule has 0 aliphatic carbocycles. The summed E-state index contributed by atoms with van der Waals surface area (Å²) < 4.78 is 10.8. The molecule has 8 heteroatoms. The average molecular weight is 276 g/mol. The van der Waals surface area contributed by atoms with Gasteiger partial charge in [0.25, 0.3) is 5.91 Å². The summed E-state index contributed by atoms with van der Waals surface area (Å²) >= 11 is 0.910. The highest BCUT2D eigenvalue weighted by Gasteiger charge is 2.13. The van der Waals surface area contributed by atoms with E-state index in [0.717, 1.165) is 11.3 Å². The molecule has 1 aromatic heterocycles. The molecule has 0 spiro atoms. The minimum Gasteiger partial charge on any atom is -0.476 e. The highest BCUT2D eigenvalue weighted by Crippen LogP contribution is 2.09. The molecule has 6 nitrogen and oxygen atoms in total. The Balaban J connectivity index is 2.41. The number of hydrogen-bond acceptors (Lipinski definition) is 5. The number of thiazole rings is 1. The van der Waals surface area contributed by atoms with Crippen LogP contribution in [0.3, 0.4) is 0 Å². The van der Waals surface area contributed by atoms with Crippen molar-refractivity contribution >= 4 is 34.0 Å². The zero-order valence-electron chi connectivity index (χ0n) is 9.13. The van der Waals surface area contributed by atoms with Gasteiger partial charge in [-0.1, -0.05) is 0 Å². The third kappa shape index (κ3) is 4.61. The number of aromatic nitrogens is 1. The number of carboxylic acids is 1. The van der Waals surface area contributed by atoms with Gasteiger partial charge in [0.2, 0.25) is 5.01 Å². The summed E-state index contributed by atoms with van der Waals surface area (Å²) in [5.74, 6) is -1.02. The highest BCUT2D eigenvalue weighted by molar-refractivity contribution is 7.84. The van der Waals surface area contributed by atoms with Crippen LogP contribution in [0, 0.1) is 0 Å². The Morgan fingerprint density at radius 2 is 2.29 bits per heavy atom. The monoisotopic (exact) mass is 276 g/mol. The van der Waals surface area contributed by atoms with Crippen molar-refractivity contribution in [1.29, 1.82) is 0 Å². The van der Waals surface area contributed by atoms with E-state index in [1.165, 1.54) is 5.38 Å². The smallest absolute Gasteiger partial charge is 0.365 e. The van der Waals surface area contributed by atoms with E-state index >= 15 is 0 Å². The number of rotatable bonds is 6. The summed E-state index contributed by atoms with van der Waals surface area (Å²) in [6.45, 7) is 0.401. The van der Waals surface area contributed by atoms with Crippen molar-refractivity contribution in [3.05, 3.63) is 16.1 Å². The molecular weight excluding hydrogens is 264 g/mol. The molecule has 1 atom stereocenters. The van der Waals surface area contributed by atoms with Crippen molar-refractivity contribution in [3.63, 3.8) is 0 Å². The zero-order valence-corrected chi connectivity index (χ0v) is 10.8. The summed E-state index contributed by atoms with van der Waals surface area (Å²) in [5, 5.41) is 12.5. The van der Waals surface area contributed by atoms with E-state index < -0.39 is 22.7 Å². The molecular formula is C9H12N2O4S2. The minimum atomic E-state index is -1.14. The number of nitrogens with one attached hydrogen (secondary N) is 1. The summed E-state index contributed by atoms with van der Waals surface area (Å²) in [6, 6.07) is 0. The van der Waals surface area contributed by atoms with Crippen molar-refractivity contribution in [2.45, 2.75) is 6.42 Å². The lowest BCUT2D eigenvalue weighted by molar-refractivity contribution is 0.0696. The first-order chi connectivity index (χ1) is 8.00. The van der Waals surface area contributed by atoms with E-state index in [0.29, 0.717) is 18.7 Å². The van der Waals surface area contributed by atoms with Crippen LogP contribution in [0.1, 0.15) is 26.7 Å². The fraction of sp³-hybridized carbons (Fsp3) is 0.444. The molecule has 0 fully saturated rings. The van der Waals surface area contributed by atoms with Gasteiger partial charge in [-0.2, -0.15) is 0 Å².